The number of ether oxygens (including phenoxy) is 1. The number of H-pyrrole nitrogens is 2. The zero-order valence-electron chi connectivity index (χ0n) is 19.1. The van der Waals surface area contributed by atoms with Gasteiger partial charge in [0.1, 0.15) is 11.3 Å². The van der Waals surface area contributed by atoms with E-state index in [0.717, 1.165) is 41.3 Å². The molecule has 32 heavy (non-hydrogen) atoms. The Morgan fingerprint density at radius 1 is 1.25 bits per heavy atom. The summed E-state index contributed by atoms with van der Waals surface area (Å²) >= 11 is 0. The van der Waals surface area contributed by atoms with Crippen molar-refractivity contribution < 1.29 is 4.74 Å². The fraction of sp³-hybridized carbons (Fsp3) is 0.400. The summed E-state index contributed by atoms with van der Waals surface area (Å²) in [5.41, 5.74) is 3.35. The second-order valence-electron chi connectivity index (χ2n) is 8.86. The van der Waals surface area contributed by atoms with E-state index in [1.54, 1.807) is 25.5 Å². The maximum absolute atomic E-state index is 13.0. The predicted octanol–water partition coefficient (Wildman–Crippen LogP) is 4.73. The van der Waals surface area contributed by atoms with Gasteiger partial charge in [-0.15, -0.1) is 4.68 Å². The molecule has 2 aromatic heterocycles. The topological polar surface area (TPSA) is 92.2 Å². The Hall–Kier alpha value is -3.35. The van der Waals surface area contributed by atoms with Crippen LogP contribution in [0.25, 0.3) is 21.9 Å². The molecular formula is C25H30N4O3. The Bertz CT molecular complexity index is 1350. The average molecular weight is 435 g/mol. The zero-order chi connectivity index (χ0) is 22.8. The van der Waals surface area contributed by atoms with E-state index in [2.05, 4.69) is 48.0 Å². The first kappa shape index (κ1) is 21.9. The van der Waals surface area contributed by atoms with Gasteiger partial charge in [-0.3, -0.25) is 4.79 Å². The highest BCUT2D eigenvalue weighted by Gasteiger charge is 2.21. The van der Waals surface area contributed by atoms with Crippen molar-refractivity contribution in [1.82, 2.24) is 14.6 Å². The number of fused-ring (bicyclic) bond motifs is 3. The van der Waals surface area contributed by atoms with Crippen molar-refractivity contribution >= 4 is 28.2 Å². The van der Waals surface area contributed by atoms with Gasteiger partial charge in [-0.2, -0.15) is 5.10 Å². The molecule has 0 bridgehead atoms. The molecule has 0 radical (unpaired) electrons. The molecule has 0 saturated heterocycles. The predicted molar refractivity (Wildman–Crippen MR) is 130 cm³/mol. The van der Waals surface area contributed by atoms with Gasteiger partial charge >= 0.3 is 11.2 Å². The van der Waals surface area contributed by atoms with Crippen LogP contribution in [0.2, 0.25) is 0 Å². The van der Waals surface area contributed by atoms with E-state index >= 15 is 0 Å². The van der Waals surface area contributed by atoms with Crippen LogP contribution in [-0.4, -0.2) is 28.0 Å². The van der Waals surface area contributed by atoms with E-state index in [1.807, 2.05) is 6.07 Å². The van der Waals surface area contributed by atoms with Crippen molar-refractivity contribution in [1.29, 1.82) is 0 Å². The van der Waals surface area contributed by atoms with Gasteiger partial charge in [-0.25, -0.2) is 4.79 Å². The second-order valence-corrected chi connectivity index (χ2v) is 8.86. The molecule has 4 rings (SSSR count). The third-order valence-corrected chi connectivity index (χ3v) is 6.22. The van der Waals surface area contributed by atoms with E-state index in [4.69, 9.17) is 4.74 Å². The molecule has 0 fully saturated rings. The lowest BCUT2D eigenvalue weighted by atomic mass is 9.80. The summed E-state index contributed by atoms with van der Waals surface area (Å²) in [5.74, 6) is 1.25. The number of methoxy groups -OCH3 is 1. The van der Waals surface area contributed by atoms with Crippen LogP contribution in [0.3, 0.4) is 0 Å². The summed E-state index contributed by atoms with van der Waals surface area (Å²) < 4.78 is 6.17. The summed E-state index contributed by atoms with van der Waals surface area (Å²) in [6.07, 6.45) is 10.4. The number of nitrogens with one attached hydrogen (secondary N) is 2. The van der Waals surface area contributed by atoms with Crippen LogP contribution in [0.15, 0.2) is 56.2 Å². The van der Waals surface area contributed by atoms with E-state index in [9.17, 15) is 9.59 Å². The molecular weight excluding hydrogens is 404 g/mol. The fourth-order valence-corrected chi connectivity index (χ4v) is 4.34. The highest BCUT2D eigenvalue weighted by Crippen LogP contribution is 2.31. The maximum atomic E-state index is 13.0. The molecule has 0 saturated carbocycles. The SMILES string of the molecule is COc1ccc2[nH]c3c(=O)n(/N=C/[C@@H]4CC=C(CCC=C(C)C)C[C@@H]4C)c(=O)[nH]c3c2c1. The van der Waals surface area contributed by atoms with Gasteiger partial charge in [0.2, 0.25) is 0 Å². The summed E-state index contributed by atoms with van der Waals surface area (Å²) in [7, 11) is 1.58. The van der Waals surface area contributed by atoms with Crippen molar-refractivity contribution in [2.75, 3.05) is 7.11 Å². The van der Waals surface area contributed by atoms with Crippen LogP contribution in [0.5, 0.6) is 5.75 Å². The second kappa shape index (κ2) is 9.02. The normalized spacial score (nSPS) is 18.9. The number of hydrogen-bond acceptors (Lipinski definition) is 4. The molecule has 1 aliphatic rings. The largest absolute Gasteiger partial charge is 0.497 e. The highest BCUT2D eigenvalue weighted by atomic mass is 16.5. The lowest BCUT2D eigenvalue weighted by Crippen LogP contribution is -2.32. The minimum atomic E-state index is -0.552. The lowest BCUT2D eigenvalue weighted by Gasteiger charge is -2.25. The Labute approximate surface area is 186 Å². The number of nitrogens with zero attached hydrogens (tertiary/aromatic N) is 2. The molecule has 0 amide bonds. The Morgan fingerprint density at radius 2 is 2.06 bits per heavy atom. The molecule has 3 aromatic rings. The van der Waals surface area contributed by atoms with Crippen molar-refractivity contribution in [3.8, 4) is 5.75 Å². The van der Waals surface area contributed by atoms with Crippen LogP contribution >= 0.6 is 0 Å². The Balaban J connectivity index is 1.60. The molecule has 2 heterocycles. The van der Waals surface area contributed by atoms with Crippen molar-refractivity contribution in [3.05, 3.63) is 62.3 Å². The number of allylic oxidation sites excluding steroid dienone is 4. The van der Waals surface area contributed by atoms with Crippen molar-refractivity contribution in [2.24, 2.45) is 16.9 Å². The van der Waals surface area contributed by atoms with Crippen LogP contribution in [-0.2, 0) is 0 Å². The monoisotopic (exact) mass is 434 g/mol. The lowest BCUT2D eigenvalue weighted by molar-refractivity contribution is 0.415. The van der Waals surface area contributed by atoms with Gasteiger partial charge in [0.15, 0.2) is 0 Å². The van der Waals surface area contributed by atoms with Gasteiger partial charge in [-0.1, -0.05) is 30.2 Å². The van der Waals surface area contributed by atoms with Crippen LogP contribution in [0, 0.1) is 11.8 Å². The molecule has 0 unspecified atom stereocenters. The number of aromatic amines is 2. The first-order chi connectivity index (χ1) is 15.4. The van der Waals surface area contributed by atoms with Crippen molar-refractivity contribution in [3.63, 3.8) is 0 Å². The fourth-order valence-electron chi connectivity index (χ4n) is 4.34. The van der Waals surface area contributed by atoms with Crippen LogP contribution in [0.1, 0.15) is 46.5 Å². The van der Waals surface area contributed by atoms with E-state index in [1.165, 1.54) is 11.1 Å². The van der Waals surface area contributed by atoms with Gasteiger partial charge < -0.3 is 14.7 Å². The quantitative estimate of drug-likeness (QED) is 0.434. The van der Waals surface area contributed by atoms with Gasteiger partial charge in [0.25, 0.3) is 0 Å². The van der Waals surface area contributed by atoms with Gasteiger partial charge in [0, 0.05) is 23.0 Å². The molecule has 2 atom stereocenters. The van der Waals surface area contributed by atoms with Gasteiger partial charge in [-0.05, 0) is 63.6 Å². The first-order valence-corrected chi connectivity index (χ1v) is 11.1. The Morgan fingerprint density at radius 3 is 2.78 bits per heavy atom. The molecule has 7 nitrogen and oxygen atoms in total. The van der Waals surface area contributed by atoms with Gasteiger partial charge in [0.05, 0.1) is 12.6 Å². The van der Waals surface area contributed by atoms with E-state index in [0.29, 0.717) is 22.7 Å². The van der Waals surface area contributed by atoms with E-state index in [-0.39, 0.29) is 5.92 Å². The molecule has 0 spiro atoms. The summed E-state index contributed by atoms with van der Waals surface area (Å²) in [6.45, 7) is 6.45. The van der Waals surface area contributed by atoms with E-state index < -0.39 is 11.2 Å². The number of benzene rings is 1. The van der Waals surface area contributed by atoms with Crippen LogP contribution < -0.4 is 16.0 Å². The maximum Gasteiger partial charge on any atom is 0.350 e. The number of hydrogen-bond donors (Lipinski definition) is 2. The summed E-state index contributed by atoms with van der Waals surface area (Å²) in [4.78, 5) is 31.6. The highest BCUT2D eigenvalue weighted by molar-refractivity contribution is 6.04. The van der Waals surface area contributed by atoms with Crippen LogP contribution in [0.4, 0.5) is 0 Å². The Kier molecular flexibility index (Phi) is 6.17. The number of rotatable bonds is 6. The number of aromatic nitrogens is 3. The molecule has 2 N–H and O–H groups in total. The minimum absolute atomic E-state index is 0.191. The molecule has 1 aliphatic carbocycles. The standard InChI is InChI=1S/C25H30N4O3/c1-15(2)6-5-7-17-8-9-18(16(3)12-17)14-26-29-24(30)23-22(28-25(29)31)20-13-19(32-4)10-11-21(20)27-23/h6,8,10-11,13-14,16,18,27H,5,7,9,12H2,1-4H3,(H,28,31)/b26-14+/t16-,18-/m0/s1. The smallest absolute Gasteiger partial charge is 0.350 e. The minimum Gasteiger partial charge on any atom is -0.497 e. The third-order valence-electron chi connectivity index (χ3n) is 6.22. The molecule has 1 aromatic carbocycles. The average Bonchev–Trinajstić information content (AvgIpc) is 3.12. The summed E-state index contributed by atoms with van der Waals surface area (Å²) in [5, 5.41) is 5.03. The molecule has 168 valence electrons. The molecule has 7 heteroatoms. The molecule has 0 aliphatic heterocycles. The zero-order valence-corrected chi connectivity index (χ0v) is 19.1. The summed E-state index contributed by atoms with van der Waals surface area (Å²) in [6, 6.07) is 5.42. The van der Waals surface area contributed by atoms with Crippen molar-refractivity contribution in [2.45, 2.75) is 46.5 Å². The third kappa shape index (κ3) is 4.33. The first-order valence-electron chi connectivity index (χ1n) is 11.1.